The van der Waals surface area contributed by atoms with E-state index in [9.17, 15) is 0 Å². The summed E-state index contributed by atoms with van der Waals surface area (Å²) >= 11 is 0. The van der Waals surface area contributed by atoms with Crippen molar-refractivity contribution in [2.45, 2.75) is 32.4 Å². The molecular formula is C12H18N4. The molecule has 0 saturated carbocycles. The maximum Gasteiger partial charge on any atom is 0.116 e. The first-order chi connectivity index (χ1) is 7.93. The number of fused-ring (bicyclic) bond motifs is 1. The van der Waals surface area contributed by atoms with Crippen LogP contribution in [-0.2, 0) is 19.5 Å². The normalized spacial score (nSPS) is 20.2. The van der Waals surface area contributed by atoms with Gasteiger partial charge in [0.15, 0.2) is 0 Å². The Morgan fingerprint density at radius 1 is 1.19 bits per heavy atom. The van der Waals surface area contributed by atoms with Gasteiger partial charge in [0.2, 0.25) is 0 Å². The lowest BCUT2D eigenvalue weighted by Crippen LogP contribution is -2.22. The van der Waals surface area contributed by atoms with E-state index in [-0.39, 0.29) is 0 Å². The molecule has 86 valence electrons. The number of likely N-dealkylation sites (tertiary alicyclic amines) is 1. The average molecular weight is 218 g/mol. The summed E-state index contributed by atoms with van der Waals surface area (Å²) in [4.78, 5) is 11.3. The highest BCUT2D eigenvalue weighted by atomic mass is 15.1. The molecular weight excluding hydrogens is 200 g/mol. The van der Waals surface area contributed by atoms with Crippen LogP contribution in [0.4, 0.5) is 0 Å². The van der Waals surface area contributed by atoms with Crippen molar-refractivity contribution in [1.82, 2.24) is 20.2 Å². The molecule has 0 aliphatic carbocycles. The lowest BCUT2D eigenvalue weighted by atomic mass is 10.1. The van der Waals surface area contributed by atoms with Gasteiger partial charge in [-0.25, -0.2) is 9.97 Å². The fraction of sp³-hybridized carbons (Fsp3) is 0.667. The van der Waals surface area contributed by atoms with Crippen LogP contribution in [0.25, 0.3) is 0 Å². The van der Waals surface area contributed by atoms with Gasteiger partial charge in [0.05, 0.1) is 5.69 Å². The first-order valence-electron chi connectivity index (χ1n) is 6.18. The van der Waals surface area contributed by atoms with Gasteiger partial charge in [-0.1, -0.05) is 0 Å². The molecule has 3 heterocycles. The molecule has 16 heavy (non-hydrogen) atoms. The molecule has 0 spiro atoms. The standard InChI is InChI=1S/C12H18N4/c1-2-5-16(4-1)6-3-11-10-7-13-8-12(10)15-9-14-11/h9,13H,1-8H2. The van der Waals surface area contributed by atoms with Gasteiger partial charge in [-0.2, -0.15) is 0 Å². The van der Waals surface area contributed by atoms with Crippen molar-refractivity contribution in [1.29, 1.82) is 0 Å². The van der Waals surface area contributed by atoms with E-state index >= 15 is 0 Å². The summed E-state index contributed by atoms with van der Waals surface area (Å²) in [5, 5.41) is 3.34. The first-order valence-corrected chi connectivity index (χ1v) is 6.18. The van der Waals surface area contributed by atoms with Crippen LogP contribution in [0.1, 0.15) is 29.8 Å². The number of nitrogens with zero attached hydrogens (tertiary/aromatic N) is 3. The van der Waals surface area contributed by atoms with Crippen molar-refractivity contribution in [2.24, 2.45) is 0 Å². The fourth-order valence-electron chi connectivity index (χ4n) is 2.64. The molecule has 0 amide bonds. The maximum absolute atomic E-state index is 4.43. The van der Waals surface area contributed by atoms with Crippen molar-refractivity contribution >= 4 is 0 Å². The van der Waals surface area contributed by atoms with Gasteiger partial charge in [-0.3, -0.25) is 0 Å². The third-order valence-corrected chi connectivity index (χ3v) is 3.58. The summed E-state index contributed by atoms with van der Waals surface area (Å²) in [6, 6.07) is 0. The molecule has 2 aliphatic heterocycles. The molecule has 1 saturated heterocycles. The zero-order valence-corrected chi connectivity index (χ0v) is 9.58. The molecule has 1 fully saturated rings. The Morgan fingerprint density at radius 2 is 2.06 bits per heavy atom. The van der Waals surface area contributed by atoms with Crippen LogP contribution in [0.15, 0.2) is 6.33 Å². The van der Waals surface area contributed by atoms with Gasteiger partial charge in [0, 0.05) is 37.3 Å². The third kappa shape index (κ3) is 1.95. The van der Waals surface area contributed by atoms with Crippen molar-refractivity contribution in [3.63, 3.8) is 0 Å². The van der Waals surface area contributed by atoms with Crippen LogP contribution in [0.2, 0.25) is 0 Å². The maximum atomic E-state index is 4.43. The van der Waals surface area contributed by atoms with Gasteiger partial charge in [-0.15, -0.1) is 0 Å². The van der Waals surface area contributed by atoms with Gasteiger partial charge in [-0.05, 0) is 25.9 Å². The van der Waals surface area contributed by atoms with Crippen molar-refractivity contribution in [3.8, 4) is 0 Å². The van der Waals surface area contributed by atoms with Gasteiger partial charge in [0.25, 0.3) is 0 Å². The second-order valence-corrected chi connectivity index (χ2v) is 4.65. The number of rotatable bonds is 3. The Hall–Kier alpha value is -1.00. The van der Waals surface area contributed by atoms with Crippen molar-refractivity contribution in [3.05, 3.63) is 23.3 Å². The molecule has 4 nitrogen and oxygen atoms in total. The predicted molar refractivity (Wildman–Crippen MR) is 62.0 cm³/mol. The highest BCUT2D eigenvalue weighted by Gasteiger charge is 2.17. The largest absolute Gasteiger partial charge is 0.307 e. The summed E-state index contributed by atoms with van der Waals surface area (Å²) in [7, 11) is 0. The lowest BCUT2D eigenvalue weighted by Gasteiger charge is -2.14. The van der Waals surface area contributed by atoms with E-state index < -0.39 is 0 Å². The van der Waals surface area contributed by atoms with E-state index in [2.05, 4.69) is 20.2 Å². The van der Waals surface area contributed by atoms with E-state index in [1.165, 1.54) is 42.9 Å². The first kappa shape index (κ1) is 10.2. The fourth-order valence-corrected chi connectivity index (χ4v) is 2.64. The highest BCUT2D eigenvalue weighted by molar-refractivity contribution is 5.28. The molecule has 2 aliphatic rings. The predicted octanol–water partition coefficient (Wildman–Crippen LogP) is 0.718. The minimum Gasteiger partial charge on any atom is -0.307 e. The highest BCUT2D eigenvalue weighted by Crippen LogP contribution is 2.17. The van der Waals surface area contributed by atoms with Crippen LogP contribution in [0, 0.1) is 0 Å². The average Bonchev–Trinajstić information content (AvgIpc) is 2.97. The lowest BCUT2D eigenvalue weighted by molar-refractivity contribution is 0.342. The van der Waals surface area contributed by atoms with Crippen LogP contribution < -0.4 is 5.32 Å². The quantitative estimate of drug-likeness (QED) is 0.811. The third-order valence-electron chi connectivity index (χ3n) is 3.58. The Morgan fingerprint density at radius 3 is 2.94 bits per heavy atom. The molecule has 0 radical (unpaired) electrons. The number of aromatic nitrogens is 2. The van der Waals surface area contributed by atoms with E-state index in [1.807, 2.05) is 0 Å². The Kier molecular flexibility index (Phi) is 2.84. The summed E-state index contributed by atoms with van der Waals surface area (Å²) in [6.45, 7) is 5.56. The number of hydrogen-bond acceptors (Lipinski definition) is 4. The second kappa shape index (κ2) is 4.47. The molecule has 0 atom stereocenters. The Bertz CT molecular complexity index is 371. The van der Waals surface area contributed by atoms with Crippen LogP contribution in [-0.4, -0.2) is 34.5 Å². The van der Waals surface area contributed by atoms with E-state index in [0.29, 0.717) is 0 Å². The molecule has 0 bridgehead atoms. The zero-order valence-electron chi connectivity index (χ0n) is 9.58. The number of hydrogen-bond donors (Lipinski definition) is 1. The minimum atomic E-state index is 0.911. The molecule has 1 aromatic rings. The van der Waals surface area contributed by atoms with E-state index in [4.69, 9.17) is 0 Å². The van der Waals surface area contributed by atoms with Crippen LogP contribution in [0.3, 0.4) is 0 Å². The minimum absolute atomic E-state index is 0.911. The summed E-state index contributed by atoms with van der Waals surface area (Å²) in [5.41, 5.74) is 3.80. The van der Waals surface area contributed by atoms with E-state index in [0.717, 1.165) is 26.1 Å². The van der Waals surface area contributed by atoms with Crippen LogP contribution >= 0.6 is 0 Å². The van der Waals surface area contributed by atoms with Gasteiger partial charge in [0.1, 0.15) is 6.33 Å². The number of nitrogens with one attached hydrogen (secondary N) is 1. The molecule has 3 rings (SSSR count). The molecule has 0 unspecified atom stereocenters. The molecule has 0 aromatic carbocycles. The Labute approximate surface area is 96.1 Å². The van der Waals surface area contributed by atoms with Crippen LogP contribution in [0.5, 0.6) is 0 Å². The molecule has 1 aromatic heterocycles. The van der Waals surface area contributed by atoms with Gasteiger partial charge < -0.3 is 10.2 Å². The van der Waals surface area contributed by atoms with E-state index in [1.54, 1.807) is 6.33 Å². The summed E-state index contributed by atoms with van der Waals surface area (Å²) in [6.07, 6.45) is 5.52. The van der Waals surface area contributed by atoms with Gasteiger partial charge >= 0.3 is 0 Å². The SMILES string of the molecule is c1nc(CCN2CCCC2)c2c(n1)CNC2. The smallest absolute Gasteiger partial charge is 0.116 e. The second-order valence-electron chi connectivity index (χ2n) is 4.65. The molecule has 4 heteroatoms. The molecule has 1 N–H and O–H groups in total. The topological polar surface area (TPSA) is 41.1 Å². The summed E-state index contributed by atoms with van der Waals surface area (Å²) in [5.74, 6) is 0. The van der Waals surface area contributed by atoms with Crippen molar-refractivity contribution in [2.75, 3.05) is 19.6 Å². The summed E-state index contributed by atoms with van der Waals surface area (Å²) < 4.78 is 0. The zero-order chi connectivity index (χ0) is 10.8. The Balaban J connectivity index is 1.67. The monoisotopic (exact) mass is 218 g/mol. The van der Waals surface area contributed by atoms with Crippen molar-refractivity contribution < 1.29 is 0 Å².